The Morgan fingerprint density at radius 3 is 1.68 bits per heavy atom. The third-order valence-electron chi connectivity index (χ3n) is 4.38. The first-order valence-electron chi connectivity index (χ1n) is 8.67. The van der Waals surface area contributed by atoms with E-state index in [1.807, 2.05) is 54.7 Å². The Hall–Kier alpha value is -3.67. The SMILES string of the molecule is COc1ccc(C(C=Nc2ccc([N+](=O)[O-])cc2)c2ccc(OC)cc2)cc1. The molecule has 0 fully saturated rings. The monoisotopic (exact) mass is 376 g/mol. The Bertz CT molecular complexity index is 902. The quantitative estimate of drug-likeness (QED) is 0.325. The fourth-order valence-corrected chi connectivity index (χ4v) is 2.81. The van der Waals surface area contributed by atoms with Crippen molar-refractivity contribution in [2.24, 2.45) is 4.99 Å². The lowest BCUT2D eigenvalue weighted by Gasteiger charge is -2.14. The number of non-ortho nitro benzene ring substituents is 1. The van der Waals surface area contributed by atoms with E-state index in [1.54, 1.807) is 26.4 Å². The largest absolute Gasteiger partial charge is 0.497 e. The predicted molar refractivity (Wildman–Crippen MR) is 109 cm³/mol. The number of methoxy groups -OCH3 is 2. The van der Waals surface area contributed by atoms with Crippen molar-refractivity contribution in [2.45, 2.75) is 5.92 Å². The first-order chi connectivity index (χ1) is 13.6. The number of aliphatic imine (C=N–C) groups is 1. The van der Waals surface area contributed by atoms with Crippen LogP contribution in [0.3, 0.4) is 0 Å². The first kappa shape index (κ1) is 19.1. The summed E-state index contributed by atoms with van der Waals surface area (Å²) >= 11 is 0. The van der Waals surface area contributed by atoms with Crippen molar-refractivity contribution in [1.29, 1.82) is 0 Å². The zero-order valence-electron chi connectivity index (χ0n) is 15.6. The molecular weight excluding hydrogens is 356 g/mol. The van der Waals surface area contributed by atoms with Crippen LogP contribution in [0.25, 0.3) is 0 Å². The standard InChI is InChI=1S/C22H20N2O4/c1-27-20-11-3-16(4-12-20)22(17-5-13-21(28-2)14-6-17)15-23-18-7-9-19(10-8-18)24(25)26/h3-15,22H,1-2H3. The van der Waals surface area contributed by atoms with Crippen LogP contribution in [0.15, 0.2) is 77.8 Å². The number of rotatable bonds is 7. The highest BCUT2D eigenvalue weighted by atomic mass is 16.6. The van der Waals surface area contributed by atoms with E-state index in [0.29, 0.717) is 5.69 Å². The van der Waals surface area contributed by atoms with Crippen LogP contribution in [-0.4, -0.2) is 25.4 Å². The van der Waals surface area contributed by atoms with Crippen LogP contribution in [0.4, 0.5) is 11.4 Å². The third kappa shape index (κ3) is 4.54. The van der Waals surface area contributed by atoms with Gasteiger partial charge in [-0.1, -0.05) is 24.3 Å². The van der Waals surface area contributed by atoms with Crippen molar-refractivity contribution in [3.05, 3.63) is 94.0 Å². The van der Waals surface area contributed by atoms with E-state index in [0.717, 1.165) is 22.6 Å². The minimum atomic E-state index is -0.426. The highest BCUT2D eigenvalue weighted by Crippen LogP contribution is 2.28. The fourth-order valence-electron chi connectivity index (χ4n) is 2.81. The van der Waals surface area contributed by atoms with Crippen LogP contribution in [0.5, 0.6) is 11.5 Å². The number of nitrogens with zero attached hydrogens (tertiary/aromatic N) is 2. The molecule has 0 spiro atoms. The van der Waals surface area contributed by atoms with Gasteiger partial charge in [-0.05, 0) is 47.5 Å². The van der Waals surface area contributed by atoms with Gasteiger partial charge in [0.1, 0.15) is 11.5 Å². The third-order valence-corrected chi connectivity index (χ3v) is 4.38. The Morgan fingerprint density at radius 1 is 0.821 bits per heavy atom. The molecule has 0 unspecified atom stereocenters. The maximum Gasteiger partial charge on any atom is 0.269 e. The van der Waals surface area contributed by atoms with E-state index >= 15 is 0 Å². The summed E-state index contributed by atoms with van der Waals surface area (Å²) in [6.07, 6.45) is 1.84. The lowest BCUT2D eigenvalue weighted by molar-refractivity contribution is -0.384. The van der Waals surface area contributed by atoms with Crippen LogP contribution in [0.2, 0.25) is 0 Å². The molecule has 0 heterocycles. The van der Waals surface area contributed by atoms with Crippen molar-refractivity contribution < 1.29 is 14.4 Å². The van der Waals surface area contributed by atoms with Gasteiger partial charge in [-0.15, -0.1) is 0 Å². The van der Waals surface area contributed by atoms with Crippen LogP contribution in [-0.2, 0) is 0 Å². The summed E-state index contributed by atoms with van der Waals surface area (Å²) in [5.41, 5.74) is 2.80. The Morgan fingerprint density at radius 2 is 1.29 bits per heavy atom. The zero-order chi connectivity index (χ0) is 19.9. The molecule has 142 valence electrons. The van der Waals surface area contributed by atoms with E-state index in [-0.39, 0.29) is 11.6 Å². The Labute approximate surface area is 163 Å². The molecule has 28 heavy (non-hydrogen) atoms. The van der Waals surface area contributed by atoms with Gasteiger partial charge in [0, 0.05) is 24.3 Å². The number of hydrogen-bond donors (Lipinski definition) is 0. The van der Waals surface area contributed by atoms with E-state index in [9.17, 15) is 10.1 Å². The molecule has 0 aliphatic heterocycles. The van der Waals surface area contributed by atoms with Gasteiger partial charge >= 0.3 is 0 Å². The van der Waals surface area contributed by atoms with Gasteiger partial charge < -0.3 is 9.47 Å². The second-order valence-corrected chi connectivity index (χ2v) is 6.08. The molecular formula is C22H20N2O4. The number of nitro groups is 1. The number of nitro benzene ring substituents is 1. The van der Waals surface area contributed by atoms with Crippen molar-refractivity contribution in [3.63, 3.8) is 0 Å². The van der Waals surface area contributed by atoms with Gasteiger partial charge in [-0.2, -0.15) is 0 Å². The highest BCUT2D eigenvalue weighted by molar-refractivity contribution is 5.76. The van der Waals surface area contributed by atoms with Crippen molar-refractivity contribution in [1.82, 2.24) is 0 Å². The molecule has 0 N–H and O–H groups in total. The molecule has 0 amide bonds. The number of ether oxygens (including phenoxy) is 2. The summed E-state index contributed by atoms with van der Waals surface area (Å²) in [5, 5.41) is 10.8. The molecule has 0 atom stereocenters. The summed E-state index contributed by atoms with van der Waals surface area (Å²) < 4.78 is 10.5. The second kappa shape index (κ2) is 8.81. The van der Waals surface area contributed by atoms with Crippen LogP contribution >= 0.6 is 0 Å². The molecule has 0 aliphatic rings. The molecule has 0 bridgehead atoms. The van der Waals surface area contributed by atoms with Crippen molar-refractivity contribution >= 4 is 17.6 Å². The minimum absolute atomic E-state index is 0.0424. The summed E-state index contributed by atoms with van der Waals surface area (Å²) in [4.78, 5) is 14.9. The van der Waals surface area contributed by atoms with Crippen LogP contribution in [0, 0.1) is 10.1 Å². The molecule has 0 saturated heterocycles. The van der Waals surface area contributed by atoms with Crippen molar-refractivity contribution in [3.8, 4) is 11.5 Å². The van der Waals surface area contributed by atoms with E-state index in [2.05, 4.69) is 4.99 Å². The Kier molecular flexibility index (Phi) is 6.01. The maximum absolute atomic E-state index is 10.8. The summed E-state index contributed by atoms with van der Waals surface area (Å²) in [6.45, 7) is 0. The van der Waals surface area contributed by atoms with Gasteiger partial charge in [0.05, 0.1) is 24.8 Å². The fraction of sp³-hybridized carbons (Fsp3) is 0.136. The molecule has 0 aromatic heterocycles. The van der Waals surface area contributed by atoms with Gasteiger partial charge in [0.25, 0.3) is 5.69 Å². The van der Waals surface area contributed by atoms with Gasteiger partial charge in [0.15, 0.2) is 0 Å². The molecule has 6 nitrogen and oxygen atoms in total. The normalized spacial score (nSPS) is 11.0. The summed E-state index contributed by atoms with van der Waals surface area (Å²) in [6, 6.07) is 21.8. The summed E-state index contributed by atoms with van der Waals surface area (Å²) in [7, 11) is 3.26. The average molecular weight is 376 g/mol. The zero-order valence-corrected chi connectivity index (χ0v) is 15.6. The van der Waals surface area contributed by atoms with Crippen LogP contribution in [0.1, 0.15) is 17.0 Å². The Balaban J connectivity index is 1.93. The van der Waals surface area contributed by atoms with Gasteiger partial charge in [-0.3, -0.25) is 15.1 Å². The van der Waals surface area contributed by atoms with E-state index in [4.69, 9.17) is 9.47 Å². The highest BCUT2D eigenvalue weighted by Gasteiger charge is 2.13. The molecule has 0 saturated carbocycles. The molecule has 0 radical (unpaired) electrons. The predicted octanol–water partition coefficient (Wildman–Crippen LogP) is 5.15. The molecule has 3 rings (SSSR count). The molecule has 0 aliphatic carbocycles. The second-order valence-electron chi connectivity index (χ2n) is 6.08. The lowest BCUT2D eigenvalue weighted by atomic mass is 9.92. The van der Waals surface area contributed by atoms with Gasteiger partial charge in [-0.25, -0.2) is 0 Å². The molecule has 6 heteroatoms. The maximum atomic E-state index is 10.8. The topological polar surface area (TPSA) is 74.0 Å². The van der Waals surface area contributed by atoms with E-state index < -0.39 is 4.92 Å². The average Bonchev–Trinajstić information content (AvgIpc) is 2.75. The molecule has 3 aromatic rings. The smallest absolute Gasteiger partial charge is 0.269 e. The van der Waals surface area contributed by atoms with Gasteiger partial charge in [0.2, 0.25) is 0 Å². The summed E-state index contributed by atoms with van der Waals surface area (Å²) in [5.74, 6) is 1.47. The minimum Gasteiger partial charge on any atom is -0.497 e. The first-order valence-corrected chi connectivity index (χ1v) is 8.67. The lowest BCUT2D eigenvalue weighted by Crippen LogP contribution is -2.03. The number of benzene rings is 3. The molecule has 3 aromatic carbocycles. The van der Waals surface area contributed by atoms with Crippen molar-refractivity contribution in [2.75, 3.05) is 14.2 Å². The van der Waals surface area contributed by atoms with Crippen LogP contribution < -0.4 is 9.47 Å². The number of hydrogen-bond acceptors (Lipinski definition) is 5. The van der Waals surface area contributed by atoms with E-state index in [1.165, 1.54) is 12.1 Å².